The highest BCUT2D eigenvalue weighted by atomic mass is 35.5. The summed E-state index contributed by atoms with van der Waals surface area (Å²) in [6.45, 7) is 6.17. The largest absolute Gasteiger partial charge is 0.340 e. The molecule has 1 amide bonds. The van der Waals surface area contributed by atoms with Crippen molar-refractivity contribution in [2.24, 2.45) is 5.92 Å². The Balaban J connectivity index is 0.00000225. The van der Waals surface area contributed by atoms with Gasteiger partial charge in [-0.1, -0.05) is 13.8 Å². The molecule has 1 aliphatic carbocycles. The van der Waals surface area contributed by atoms with Crippen molar-refractivity contribution in [1.29, 1.82) is 0 Å². The number of halogens is 1. The molecule has 96 valence electrons. The summed E-state index contributed by atoms with van der Waals surface area (Å²) in [6.07, 6.45) is 4.19. The van der Waals surface area contributed by atoms with Gasteiger partial charge in [0, 0.05) is 25.6 Å². The molecule has 3 nitrogen and oxygen atoms in total. The number of carbonyl (C=O) groups excluding carboxylic acids is 1. The van der Waals surface area contributed by atoms with E-state index in [4.69, 9.17) is 0 Å². The number of carbonyl (C=O) groups is 1. The Morgan fingerprint density at radius 3 is 2.50 bits per heavy atom. The Hall–Kier alpha value is -0.280. The van der Waals surface area contributed by atoms with E-state index >= 15 is 0 Å². The fourth-order valence-corrected chi connectivity index (χ4v) is 1.67. The molecule has 1 N–H and O–H groups in total. The highest BCUT2D eigenvalue weighted by Crippen LogP contribution is 2.27. The van der Waals surface area contributed by atoms with E-state index < -0.39 is 0 Å². The van der Waals surface area contributed by atoms with Crippen molar-refractivity contribution in [3.05, 3.63) is 0 Å². The minimum Gasteiger partial charge on any atom is -0.340 e. The third-order valence-electron chi connectivity index (χ3n) is 2.84. The summed E-state index contributed by atoms with van der Waals surface area (Å²) in [5.74, 6) is 1.01. The zero-order chi connectivity index (χ0) is 11.3. The van der Waals surface area contributed by atoms with E-state index in [1.165, 1.54) is 12.8 Å². The Kier molecular flexibility index (Phi) is 7.77. The maximum Gasteiger partial charge on any atom is 0.224 e. The molecule has 0 radical (unpaired) electrons. The number of nitrogens with zero attached hydrogens (tertiary/aromatic N) is 1. The van der Waals surface area contributed by atoms with Gasteiger partial charge in [0.1, 0.15) is 0 Å². The summed E-state index contributed by atoms with van der Waals surface area (Å²) in [5.41, 5.74) is 0. The molecule has 1 saturated carbocycles. The average Bonchev–Trinajstić information content (AvgIpc) is 2.98. The predicted octanol–water partition coefficient (Wildman–Crippen LogP) is 2.05. The molecule has 0 aromatic carbocycles. The minimum atomic E-state index is 0. The lowest BCUT2D eigenvalue weighted by Crippen LogP contribution is -2.35. The topological polar surface area (TPSA) is 32.3 Å². The quantitative estimate of drug-likeness (QED) is 0.748. The van der Waals surface area contributed by atoms with Gasteiger partial charge in [0.2, 0.25) is 5.91 Å². The molecule has 0 heterocycles. The lowest BCUT2D eigenvalue weighted by Gasteiger charge is -2.23. The first-order valence-corrected chi connectivity index (χ1v) is 6.09. The summed E-state index contributed by atoms with van der Waals surface area (Å²) in [6, 6.07) is 0.563. The maximum atomic E-state index is 11.9. The van der Waals surface area contributed by atoms with Gasteiger partial charge in [-0.3, -0.25) is 4.79 Å². The second-order valence-electron chi connectivity index (χ2n) is 4.85. The highest BCUT2D eigenvalue weighted by molar-refractivity contribution is 5.85. The van der Waals surface area contributed by atoms with Crippen LogP contribution in [0.5, 0.6) is 0 Å². The van der Waals surface area contributed by atoms with E-state index in [9.17, 15) is 4.79 Å². The van der Waals surface area contributed by atoms with Crippen LogP contribution in [0.2, 0.25) is 0 Å². The smallest absolute Gasteiger partial charge is 0.224 e. The van der Waals surface area contributed by atoms with E-state index in [-0.39, 0.29) is 12.4 Å². The van der Waals surface area contributed by atoms with Crippen molar-refractivity contribution in [1.82, 2.24) is 10.2 Å². The van der Waals surface area contributed by atoms with Gasteiger partial charge in [0.05, 0.1) is 0 Å². The fourth-order valence-electron chi connectivity index (χ4n) is 1.67. The van der Waals surface area contributed by atoms with Gasteiger partial charge in [0.25, 0.3) is 0 Å². The third kappa shape index (κ3) is 5.71. The highest BCUT2D eigenvalue weighted by Gasteiger charge is 2.31. The molecule has 1 aliphatic rings. The Bertz CT molecular complexity index is 205. The normalized spacial score (nSPS) is 14.8. The van der Waals surface area contributed by atoms with Gasteiger partial charge >= 0.3 is 0 Å². The van der Waals surface area contributed by atoms with Crippen molar-refractivity contribution in [2.75, 3.05) is 20.1 Å². The number of nitrogens with one attached hydrogen (secondary N) is 1. The van der Waals surface area contributed by atoms with E-state index in [1.54, 1.807) is 0 Å². The molecule has 0 unspecified atom stereocenters. The van der Waals surface area contributed by atoms with Gasteiger partial charge in [-0.25, -0.2) is 0 Å². The number of amides is 1. The van der Waals surface area contributed by atoms with Gasteiger partial charge in [-0.2, -0.15) is 0 Å². The van der Waals surface area contributed by atoms with Gasteiger partial charge in [-0.05, 0) is 32.2 Å². The lowest BCUT2D eigenvalue weighted by molar-refractivity contribution is -0.131. The van der Waals surface area contributed by atoms with Crippen molar-refractivity contribution >= 4 is 18.3 Å². The van der Waals surface area contributed by atoms with Crippen LogP contribution in [0.4, 0.5) is 0 Å². The van der Waals surface area contributed by atoms with Crippen LogP contribution in [0.15, 0.2) is 0 Å². The summed E-state index contributed by atoms with van der Waals surface area (Å²) >= 11 is 0. The minimum absolute atomic E-state index is 0. The Morgan fingerprint density at radius 1 is 1.44 bits per heavy atom. The van der Waals surface area contributed by atoms with E-state index in [0.29, 0.717) is 24.3 Å². The molecule has 1 fully saturated rings. The summed E-state index contributed by atoms with van der Waals surface area (Å²) < 4.78 is 0. The first-order chi connectivity index (χ1) is 7.15. The van der Waals surface area contributed by atoms with Crippen molar-refractivity contribution < 1.29 is 4.79 Å². The monoisotopic (exact) mass is 248 g/mol. The zero-order valence-electron chi connectivity index (χ0n) is 10.7. The van der Waals surface area contributed by atoms with E-state index in [2.05, 4.69) is 24.1 Å². The summed E-state index contributed by atoms with van der Waals surface area (Å²) in [7, 11) is 1.89. The molecule has 0 aromatic heterocycles. The van der Waals surface area contributed by atoms with Gasteiger partial charge in [-0.15, -0.1) is 12.4 Å². The van der Waals surface area contributed by atoms with Crippen LogP contribution in [0, 0.1) is 5.92 Å². The van der Waals surface area contributed by atoms with Gasteiger partial charge in [0.15, 0.2) is 0 Å². The first kappa shape index (κ1) is 15.7. The molecule has 0 saturated heterocycles. The zero-order valence-corrected chi connectivity index (χ0v) is 11.5. The van der Waals surface area contributed by atoms with Crippen molar-refractivity contribution in [3.63, 3.8) is 0 Å². The van der Waals surface area contributed by atoms with Crippen LogP contribution in [-0.2, 0) is 4.79 Å². The molecule has 0 aromatic rings. The van der Waals surface area contributed by atoms with Crippen LogP contribution in [0.1, 0.15) is 39.5 Å². The van der Waals surface area contributed by atoms with Crippen molar-refractivity contribution in [2.45, 2.75) is 45.6 Å². The number of hydrogen-bond donors (Lipinski definition) is 1. The number of hydrogen-bond acceptors (Lipinski definition) is 2. The molecular weight excluding hydrogens is 224 g/mol. The van der Waals surface area contributed by atoms with Crippen LogP contribution >= 0.6 is 12.4 Å². The molecule has 0 aliphatic heterocycles. The SMILES string of the molecule is CNCCC(=O)N(CCC(C)C)C1CC1.Cl. The maximum absolute atomic E-state index is 11.9. The second-order valence-corrected chi connectivity index (χ2v) is 4.85. The molecule has 4 heteroatoms. The standard InChI is InChI=1S/C12H24N2O.ClH/c1-10(2)7-9-14(11-4-5-11)12(15)6-8-13-3;/h10-11,13H,4-9H2,1-3H3;1H. The molecule has 0 bridgehead atoms. The van der Waals surface area contributed by atoms with E-state index in [1.807, 2.05) is 7.05 Å². The summed E-state index contributed by atoms with van der Waals surface area (Å²) in [5, 5.41) is 3.03. The van der Waals surface area contributed by atoms with Gasteiger partial charge < -0.3 is 10.2 Å². The van der Waals surface area contributed by atoms with Crippen LogP contribution in [0.25, 0.3) is 0 Å². The predicted molar refractivity (Wildman–Crippen MR) is 70.0 cm³/mol. The van der Waals surface area contributed by atoms with Crippen molar-refractivity contribution in [3.8, 4) is 0 Å². The molecular formula is C12H25ClN2O. The van der Waals surface area contributed by atoms with Crippen LogP contribution in [0.3, 0.4) is 0 Å². The van der Waals surface area contributed by atoms with E-state index in [0.717, 1.165) is 19.5 Å². The Morgan fingerprint density at radius 2 is 2.06 bits per heavy atom. The fraction of sp³-hybridized carbons (Fsp3) is 0.917. The molecule has 1 rings (SSSR count). The first-order valence-electron chi connectivity index (χ1n) is 6.09. The molecule has 16 heavy (non-hydrogen) atoms. The van der Waals surface area contributed by atoms with Crippen LogP contribution < -0.4 is 5.32 Å². The van der Waals surface area contributed by atoms with Crippen LogP contribution in [-0.4, -0.2) is 37.0 Å². The lowest BCUT2D eigenvalue weighted by atomic mass is 10.1. The number of rotatable bonds is 7. The second kappa shape index (κ2) is 7.91. The Labute approximate surface area is 105 Å². The average molecular weight is 249 g/mol. The third-order valence-corrected chi connectivity index (χ3v) is 2.84. The molecule has 0 spiro atoms. The molecule has 0 atom stereocenters. The summed E-state index contributed by atoms with van der Waals surface area (Å²) in [4.78, 5) is 14.0.